The van der Waals surface area contributed by atoms with E-state index in [0.717, 1.165) is 16.9 Å². The number of carbonyl (C=O) groups excluding carboxylic acids is 1. The standard InChI is InChI=1S/C18H22N2O2/c1-14(18(21)20-13-15-6-4-3-5-7-15)19-12-16-8-10-17(22-2)11-9-16/h3-11,14,19H,12-13H2,1-2H3,(H,20,21). The highest BCUT2D eigenvalue weighted by Gasteiger charge is 2.11. The van der Waals surface area contributed by atoms with Crippen molar-refractivity contribution in [1.29, 1.82) is 0 Å². The van der Waals surface area contributed by atoms with Crippen LogP contribution in [0.2, 0.25) is 0 Å². The Morgan fingerprint density at radius 1 is 1.00 bits per heavy atom. The van der Waals surface area contributed by atoms with Crippen molar-refractivity contribution in [2.75, 3.05) is 7.11 Å². The van der Waals surface area contributed by atoms with E-state index >= 15 is 0 Å². The Balaban J connectivity index is 1.76. The number of rotatable bonds is 7. The molecule has 0 aliphatic heterocycles. The predicted molar refractivity (Wildman–Crippen MR) is 87.6 cm³/mol. The molecular weight excluding hydrogens is 276 g/mol. The van der Waals surface area contributed by atoms with Crippen molar-refractivity contribution < 1.29 is 9.53 Å². The van der Waals surface area contributed by atoms with Crippen LogP contribution in [0.4, 0.5) is 0 Å². The fourth-order valence-corrected chi connectivity index (χ4v) is 2.05. The van der Waals surface area contributed by atoms with Gasteiger partial charge in [-0.15, -0.1) is 0 Å². The zero-order valence-corrected chi connectivity index (χ0v) is 13.0. The van der Waals surface area contributed by atoms with E-state index in [1.807, 2.05) is 61.5 Å². The fraction of sp³-hybridized carbons (Fsp3) is 0.278. The van der Waals surface area contributed by atoms with Crippen molar-refractivity contribution in [2.45, 2.75) is 26.1 Å². The number of benzene rings is 2. The molecule has 4 heteroatoms. The van der Waals surface area contributed by atoms with Crippen LogP contribution in [-0.4, -0.2) is 19.1 Å². The molecule has 4 nitrogen and oxygen atoms in total. The molecule has 22 heavy (non-hydrogen) atoms. The van der Waals surface area contributed by atoms with Gasteiger partial charge in [0.05, 0.1) is 13.2 Å². The van der Waals surface area contributed by atoms with Crippen LogP contribution in [0.5, 0.6) is 5.75 Å². The van der Waals surface area contributed by atoms with E-state index < -0.39 is 0 Å². The molecule has 0 aliphatic rings. The van der Waals surface area contributed by atoms with Gasteiger partial charge in [0.15, 0.2) is 0 Å². The lowest BCUT2D eigenvalue weighted by molar-refractivity contribution is -0.122. The van der Waals surface area contributed by atoms with E-state index in [1.165, 1.54) is 0 Å². The van der Waals surface area contributed by atoms with Crippen LogP contribution in [0.1, 0.15) is 18.1 Å². The maximum atomic E-state index is 12.0. The van der Waals surface area contributed by atoms with E-state index in [4.69, 9.17) is 4.74 Å². The fourth-order valence-electron chi connectivity index (χ4n) is 2.05. The SMILES string of the molecule is COc1ccc(CNC(C)C(=O)NCc2ccccc2)cc1. The number of hydrogen-bond acceptors (Lipinski definition) is 3. The topological polar surface area (TPSA) is 50.4 Å². The second kappa shape index (κ2) is 8.20. The van der Waals surface area contributed by atoms with Gasteiger partial charge < -0.3 is 15.4 Å². The third kappa shape index (κ3) is 4.90. The first-order chi connectivity index (χ1) is 10.7. The smallest absolute Gasteiger partial charge is 0.237 e. The maximum Gasteiger partial charge on any atom is 0.237 e. The highest BCUT2D eigenvalue weighted by Crippen LogP contribution is 2.11. The maximum absolute atomic E-state index is 12.0. The minimum Gasteiger partial charge on any atom is -0.497 e. The van der Waals surface area contributed by atoms with Crippen LogP contribution in [0.25, 0.3) is 0 Å². The molecule has 1 unspecified atom stereocenters. The zero-order chi connectivity index (χ0) is 15.8. The van der Waals surface area contributed by atoms with Gasteiger partial charge in [-0.3, -0.25) is 4.79 Å². The van der Waals surface area contributed by atoms with E-state index in [1.54, 1.807) is 7.11 Å². The lowest BCUT2D eigenvalue weighted by Crippen LogP contribution is -2.41. The number of amides is 1. The summed E-state index contributed by atoms with van der Waals surface area (Å²) in [5, 5.41) is 6.15. The molecule has 0 heterocycles. The summed E-state index contributed by atoms with van der Waals surface area (Å²) in [5.41, 5.74) is 2.21. The quantitative estimate of drug-likeness (QED) is 0.825. The molecule has 2 N–H and O–H groups in total. The van der Waals surface area contributed by atoms with E-state index in [9.17, 15) is 4.79 Å². The molecule has 0 fully saturated rings. The first-order valence-electron chi connectivity index (χ1n) is 7.37. The van der Waals surface area contributed by atoms with Gasteiger partial charge in [0.25, 0.3) is 0 Å². The summed E-state index contributed by atoms with van der Waals surface area (Å²) in [6, 6.07) is 17.4. The molecule has 0 aromatic heterocycles. The van der Waals surface area contributed by atoms with Gasteiger partial charge in [-0.05, 0) is 30.2 Å². The van der Waals surface area contributed by atoms with E-state index in [-0.39, 0.29) is 11.9 Å². The van der Waals surface area contributed by atoms with Gasteiger partial charge in [-0.2, -0.15) is 0 Å². The Bertz CT molecular complexity index is 582. The van der Waals surface area contributed by atoms with Gasteiger partial charge >= 0.3 is 0 Å². The number of methoxy groups -OCH3 is 1. The largest absolute Gasteiger partial charge is 0.497 e. The summed E-state index contributed by atoms with van der Waals surface area (Å²) in [6.45, 7) is 3.06. The molecule has 0 bridgehead atoms. The molecule has 0 radical (unpaired) electrons. The molecule has 0 aliphatic carbocycles. The molecule has 0 saturated carbocycles. The highest BCUT2D eigenvalue weighted by atomic mass is 16.5. The molecule has 2 aromatic carbocycles. The van der Waals surface area contributed by atoms with Crippen LogP contribution in [0.3, 0.4) is 0 Å². The lowest BCUT2D eigenvalue weighted by Gasteiger charge is -2.14. The zero-order valence-electron chi connectivity index (χ0n) is 13.0. The second-order valence-electron chi connectivity index (χ2n) is 5.15. The summed E-state index contributed by atoms with van der Waals surface area (Å²) in [4.78, 5) is 12.0. The summed E-state index contributed by atoms with van der Waals surface area (Å²) >= 11 is 0. The van der Waals surface area contributed by atoms with Crippen molar-refractivity contribution in [3.8, 4) is 5.75 Å². The van der Waals surface area contributed by atoms with Crippen molar-refractivity contribution in [2.24, 2.45) is 0 Å². The van der Waals surface area contributed by atoms with Gasteiger partial charge in [0, 0.05) is 13.1 Å². The first kappa shape index (κ1) is 16.0. The number of carbonyl (C=O) groups is 1. The molecular formula is C18H22N2O2. The summed E-state index contributed by atoms with van der Waals surface area (Å²) < 4.78 is 5.12. The molecule has 1 amide bonds. The Morgan fingerprint density at radius 3 is 2.27 bits per heavy atom. The molecule has 2 rings (SSSR count). The Hall–Kier alpha value is -2.33. The summed E-state index contributed by atoms with van der Waals surface area (Å²) in [5.74, 6) is 0.828. The second-order valence-corrected chi connectivity index (χ2v) is 5.15. The average Bonchev–Trinajstić information content (AvgIpc) is 2.58. The minimum atomic E-state index is -0.245. The lowest BCUT2D eigenvalue weighted by atomic mass is 10.2. The highest BCUT2D eigenvalue weighted by molar-refractivity contribution is 5.81. The monoisotopic (exact) mass is 298 g/mol. The number of ether oxygens (including phenoxy) is 1. The van der Waals surface area contributed by atoms with Crippen LogP contribution >= 0.6 is 0 Å². The minimum absolute atomic E-state index is 0.00244. The van der Waals surface area contributed by atoms with Crippen molar-refractivity contribution in [3.63, 3.8) is 0 Å². The summed E-state index contributed by atoms with van der Waals surface area (Å²) in [6.07, 6.45) is 0. The van der Waals surface area contributed by atoms with Gasteiger partial charge in [-0.1, -0.05) is 42.5 Å². The Kier molecular flexibility index (Phi) is 5.98. The van der Waals surface area contributed by atoms with Gasteiger partial charge in [0.2, 0.25) is 5.91 Å². The average molecular weight is 298 g/mol. The first-order valence-corrected chi connectivity index (χ1v) is 7.37. The third-order valence-corrected chi connectivity index (χ3v) is 3.47. The third-order valence-electron chi connectivity index (χ3n) is 3.47. The molecule has 2 aromatic rings. The normalized spacial score (nSPS) is 11.7. The molecule has 116 valence electrons. The van der Waals surface area contributed by atoms with Crippen molar-refractivity contribution >= 4 is 5.91 Å². The van der Waals surface area contributed by atoms with E-state index in [0.29, 0.717) is 13.1 Å². The van der Waals surface area contributed by atoms with Crippen molar-refractivity contribution in [3.05, 3.63) is 65.7 Å². The van der Waals surface area contributed by atoms with Gasteiger partial charge in [0.1, 0.15) is 5.75 Å². The number of hydrogen-bond donors (Lipinski definition) is 2. The molecule has 0 saturated heterocycles. The van der Waals surface area contributed by atoms with Gasteiger partial charge in [-0.25, -0.2) is 0 Å². The summed E-state index contributed by atoms with van der Waals surface area (Å²) in [7, 11) is 1.65. The van der Waals surface area contributed by atoms with Crippen LogP contribution < -0.4 is 15.4 Å². The Labute approximate surface area is 131 Å². The Morgan fingerprint density at radius 2 is 1.64 bits per heavy atom. The molecule has 1 atom stereocenters. The van der Waals surface area contributed by atoms with Crippen LogP contribution in [0, 0.1) is 0 Å². The van der Waals surface area contributed by atoms with Crippen molar-refractivity contribution in [1.82, 2.24) is 10.6 Å². The number of nitrogens with one attached hydrogen (secondary N) is 2. The predicted octanol–water partition coefficient (Wildman–Crippen LogP) is 2.49. The van der Waals surface area contributed by atoms with Crippen LogP contribution in [0.15, 0.2) is 54.6 Å². The van der Waals surface area contributed by atoms with Crippen LogP contribution in [-0.2, 0) is 17.9 Å². The van der Waals surface area contributed by atoms with E-state index in [2.05, 4.69) is 10.6 Å². The molecule has 0 spiro atoms.